The van der Waals surface area contributed by atoms with Crippen molar-refractivity contribution in [3.8, 4) is 0 Å². The molecule has 124 valence electrons. The molecule has 0 bridgehead atoms. The van der Waals surface area contributed by atoms with Gasteiger partial charge in [-0.15, -0.1) is 0 Å². The number of sulfonamides is 1. The highest BCUT2D eigenvalue weighted by atomic mass is 32.2. The van der Waals surface area contributed by atoms with Gasteiger partial charge in [-0.1, -0.05) is 0 Å². The van der Waals surface area contributed by atoms with E-state index in [4.69, 9.17) is 4.74 Å². The zero-order valence-electron chi connectivity index (χ0n) is 12.7. The molecule has 0 aromatic rings. The molecular formula is C13H21N3O5S. The van der Waals surface area contributed by atoms with Crippen molar-refractivity contribution in [3.63, 3.8) is 0 Å². The highest BCUT2D eigenvalue weighted by Gasteiger charge is 2.35. The van der Waals surface area contributed by atoms with Crippen LogP contribution in [0, 0.1) is 0 Å². The zero-order chi connectivity index (χ0) is 16.3. The van der Waals surface area contributed by atoms with Crippen LogP contribution >= 0.6 is 0 Å². The summed E-state index contributed by atoms with van der Waals surface area (Å²) in [6, 6.07) is -0.634. The quantitative estimate of drug-likeness (QED) is 0.690. The van der Waals surface area contributed by atoms with Gasteiger partial charge in [0.2, 0.25) is 15.9 Å². The van der Waals surface area contributed by atoms with Gasteiger partial charge in [0.05, 0.1) is 19.0 Å². The van der Waals surface area contributed by atoms with Gasteiger partial charge in [-0.2, -0.15) is 0 Å². The first-order valence-corrected chi connectivity index (χ1v) is 8.89. The van der Waals surface area contributed by atoms with E-state index in [-0.39, 0.29) is 23.9 Å². The summed E-state index contributed by atoms with van der Waals surface area (Å²) >= 11 is 0. The van der Waals surface area contributed by atoms with Crippen molar-refractivity contribution in [2.24, 2.45) is 0 Å². The van der Waals surface area contributed by atoms with Crippen molar-refractivity contribution >= 4 is 21.8 Å². The van der Waals surface area contributed by atoms with Crippen LogP contribution in [0.1, 0.15) is 13.8 Å². The van der Waals surface area contributed by atoms with Gasteiger partial charge in [0.25, 0.3) is 5.91 Å². The summed E-state index contributed by atoms with van der Waals surface area (Å²) < 4.78 is 30.5. The number of amides is 2. The van der Waals surface area contributed by atoms with Gasteiger partial charge in [-0.25, -0.2) is 8.42 Å². The summed E-state index contributed by atoms with van der Waals surface area (Å²) in [6.45, 7) is 5.36. The van der Waals surface area contributed by atoms with E-state index >= 15 is 0 Å². The molecule has 2 amide bonds. The van der Waals surface area contributed by atoms with Crippen molar-refractivity contribution < 1.29 is 22.7 Å². The number of carbonyl (C=O) groups excluding carboxylic acids is 2. The van der Waals surface area contributed by atoms with Crippen LogP contribution in [0.3, 0.4) is 0 Å². The lowest BCUT2D eigenvalue weighted by atomic mass is 10.2. The fourth-order valence-corrected chi connectivity index (χ4v) is 3.00. The number of carbonyl (C=O) groups is 2. The van der Waals surface area contributed by atoms with E-state index in [0.717, 1.165) is 0 Å². The third-order valence-corrected chi connectivity index (χ3v) is 5.07. The van der Waals surface area contributed by atoms with Crippen LogP contribution in [0.5, 0.6) is 0 Å². The van der Waals surface area contributed by atoms with Crippen LogP contribution in [-0.2, 0) is 24.3 Å². The number of ether oxygens (including phenoxy) is 1. The highest BCUT2D eigenvalue weighted by Crippen LogP contribution is 2.15. The van der Waals surface area contributed by atoms with Crippen LogP contribution < -0.4 is 4.72 Å². The minimum atomic E-state index is -3.50. The predicted molar refractivity (Wildman–Crippen MR) is 79.3 cm³/mol. The summed E-state index contributed by atoms with van der Waals surface area (Å²) in [6.07, 6.45) is 1.50. The Morgan fingerprint density at radius 1 is 1.41 bits per heavy atom. The molecule has 1 atom stereocenters. The topological polar surface area (TPSA) is 96.0 Å². The fraction of sp³-hybridized carbons (Fsp3) is 0.692. The first-order valence-electron chi connectivity index (χ1n) is 7.24. The van der Waals surface area contributed by atoms with Crippen molar-refractivity contribution in [2.75, 3.05) is 38.6 Å². The maximum Gasteiger partial charge on any atom is 0.271 e. The van der Waals surface area contributed by atoms with Crippen LogP contribution in [0.4, 0.5) is 0 Å². The lowest BCUT2D eigenvalue weighted by Gasteiger charge is -2.32. The molecule has 2 heterocycles. The van der Waals surface area contributed by atoms with Crippen molar-refractivity contribution in [1.82, 2.24) is 14.5 Å². The van der Waals surface area contributed by atoms with Gasteiger partial charge in [-0.3, -0.25) is 14.3 Å². The van der Waals surface area contributed by atoms with Gasteiger partial charge in [0.1, 0.15) is 11.7 Å². The Morgan fingerprint density at radius 3 is 2.64 bits per heavy atom. The summed E-state index contributed by atoms with van der Waals surface area (Å²) in [5.41, 5.74) is 0.0171. The van der Waals surface area contributed by atoms with Crippen molar-refractivity contribution in [1.29, 1.82) is 0 Å². The Kier molecular flexibility index (Phi) is 5.07. The number of nitrogens with one attached hydrogen (secondary N) is 1. The monoisotopic (exact) mass is 331 g/mol. The van der Waals surface area contributed by atoms with E-state index in [1.54, 1.807) is 11.8 Å². The SMILES string of the molecule is CCS(=O)(=O)NC1=CCN([C@@H](C)C(=O)N2CCOCC2)C1=O. The van der Waals surface area contributed by atoms with E-state index in [9.17, 15) is 18.0 Å². The zero-order valence-corrected chi connectivity index (χ0v) is 13.6. The number of hydrogen-bond acceptors (Lipinski definition) is 5. The molecule has 2 aliphatic heterocycles. The van der Waals surface area contributed by atoms with E-state index in [0.29, 0.717) is 26.3 Å². The fourth-order valence-electron chi connectivity index (χ4n) is 2.35. The first-order chi connectivity index (χ1) is 10.4. The lowest BCUT2D eigenvalue weighted by molar-refractivity contribution is -0.145. The standard InChI is InChI=1S/C13H21N3O5S/c1-3-22(19,20)14-11-4-5-16(13(11)18)10(2)12(17)15-6-8-21-9-7-15/h4,10,14H,3,5-9H2,1-2H3/t10-/m0/s1. The minimum absolute atomic E-state index is 0.0171. The van der Waals surface area contributed by atoms with E-state index in [2.05, 4.69) is 4.72 Å². The molecule has 0 saturated carbocycles. The Hall–Kier alpha value is -1.61. The van der Waals surface area contributed by atoms with E-state index < -0.39 is 22.0 Å². The van der Waals surface area contributed by atoms with Crippen LogP contribution in [0.25, 0.3) is 0 Å². The summed E-state index contributed by atoms with van der Waals surface area (Å²) in [4.78, 5) is 27.7. The number of hydrogen-bond donors (Lipinski definition) is 1. The van der Waals surface area contributed by atoms with Gasteiger partial charge >= 0.3 is 0 Å². The van der Waals surface area contributed by atoms with Gasteiger partial charge in [-0.05, 0) is 19.9 Å². The third-order valence-electron chi connectivity index (χ3n) is 3.78. The summed E-state index contributed by atoms with van der Waals surface area (Å²) in [5, 5.41) is 0. The molecule has 1 saturated heterocycles. The minimum Gasteiger partial charge on any atom is -0.378 e. The van der Waals surface area contributed by atoms with Gasteiger partial charge in [0, 0.05) is 19.6 Å². The second-order valence-electron chi connectivity index (χ2n) is 5.19. The molecule has 0 unspecified atom stereocenters. The van der Waals surface area contributed by atoms with Crippen molar-refractivity contribution in [3.05, 3.63) is 11.8 Å². The number of nitrogens with zero attached hydrogens (tertiary/aromatic N) is 2. The summed E-state index contributed by atoms with van der Waals surface area (Å²) in [5.74, 6) is -0.726. The second-order valence-corrected chi connectivity index (χ2v) is 7.21. The Labute approximate surface area is 130 Å². The molecule has 2 rings (SSSR count). The molecule has 0 aromatic carbocycles. The Bertz CT molecular complexity index is 580. The first kappa shape index (κ1) is 16.8. The van der Waals surface area contributed by atoms with E-state index in [1.165, 1.54) is 17.9 Å². The maximum atomic E-state index is 12.4. The molecule has 1 N–H and O–H groups in total. The Morgan fingerprint density at radius 2 is 2.05 bits per heavy atom. The van der Waals surface area contributed by atoms with Crippen LogP contribution in [0.15, 0.2) is 11.8 Å². The van der Waals surface area contributed by atoms with Crippen molar-refractivity contribution in [2.45, 2.75) is 19.9 Å². The molecule has 0 aromatic heterocycles. The largest absolute Gasteiger partial charge is 0.378 e. The van der Waals surface area contributed by atoms with Crippen LogP contribution in [-0.4, -0.2) is 74.7 Å². The molecular weight excluding hydrogens is 310 g/mol. The lowest BCUT2D eigenvalue weighted by Crippen LogP contribution is -2.51. The van der Waals surface area contributed by atoms with E-state index in [1.807, 2.05) is 0 Å². The normalized spacial score (nSPS) is 20.8. The second kappa shape index (κ2) is 6.66. The molecule has 8 nitrogen and oxygen atoms in total. The molecule has 22 heavy (non-hydrogen) atoms. The van der Waals surface area contributed by atoms with Gasteiger partial charge in [0.15, 0.2) is 0 Å². The maximum absolute atomic E-state index is 12.4. The molecule has 1 fully saturated rings. The molecule has 0 radical (unpaired) electrons. The van der Waals surface area contributed by atoms with Crippen LogP contribution in [0.2, 0.25) is 0 Å². The Balaban J connectivity index is 1.99. The molecule has 0 spiro atoms. The average Bonchev–Trinajstić information content (AvgIpc) is 2.87. The average molecular weight is 331 g/mol. The third kappa shape index (κ3) is 3.58. The molecule has 2 aliphatic rings. The molecule has 0 aliphatic carbocycles. The molecule has 9 heteroatoms. The summed E-state index contributed by atoms with van der Waals surface area (Å²) in [7, 11) is -3.50. The predicted octanol–water partition coefficient (Wildman–Crippen LogP) is -1.10. The highest BCUT2D eigenvalue weighted by molar-refractivity contribution is 7.89. The van der Waals surface area contributed by atoms with Gasteiger partial charge < -0.3 is 14.5 Å². The number of rotatable bonds is 5. The smallest absolute Gasteiger partial charge is 0.271 e. The number of morpholine rings is 1.